The summed E-state index contributed by atoms with van der Waals surface area (Å²) in [5.74, 6) is -1.48. The second-order valence-electron chi connectivity index (χ2n) is 15.5. The van der Waals surface area contributed by atoms with Crippen molar-refractivity contribution < 1.29 is 71.6 Å². The number of nitrogens with zero attached hydrogens (tertiary/aromatic N) is 7. The molecule has 0 unspecified atom stereocenters. The molecule has 0 saturated heterocycles. The predicted molar refractivity (Wildman–Crippen MR) is 266 cm³/mol. The van der Waals surface area contributed by atoms with Gasteiger partial charge in [0, 0.05) is 28.9 Å². The molecule has 0 aliphatic heterocycles. The zero-order valence-electron chi connectivity index (χ0n) is 37.9. The molecule has 8 rings (SSSR count). The molecule has 0 atom stereocenters. The van der Waals surface area contributed by atoms with Crippen molar-refractivity contribution >= 4 is 120 Å². The Morgan fingerprint density at radius 2 is 1.07 bits per heavy atom. The number of ether oxygens (including phenoxy) is 2. The number of methoxy groups -OCH3 is 2. The minimum atomic E-state index is -5.12. The van der Waals surface area contributed by atoms with Gasteiger partial charge >= 0.3 is 0 Å². The molecule has 30 heteroatoms. The van der Waals surface area contributed by atoms with E-state index < -0.39 is 77.2 Å². The van der Waals surface area contributed by atoms with Gasteiger partial charge in [-0.05, 0) is 102 Å². The van der Waals surface area contributed by atoms with Gasteiger partial charge < -0.3 is 35.6 Å². The van der Waals surface area contributed by atoms with Gasteiger partial charge in [0.1, 0.15) is 33.5 Å². The van der Waals surface area contributed by atoms with Crippen molar-refractivity contribution in [3.05, 3.63) is 115 Å². The third kappa shape index (κ3) is 11.4. The van der Waals surface area contributed by atoms with Crippen molar-refractivity contribution in [2.45, 2.75) is 26.5 Å². The van der Waals surface area contributed by atoms with Crippen LogP contribution in [0.25, 0.3) is 21.5 Å². The lowest BCUT2D eigenvalue weighted by atomic mass is 10.1. The van der Waals surface area contributed by atoms with E-state index in [-0.39, 0.29) is 79.3 Å². The molecule has 0 fully saturated rings. The normalized spacial score (nSPS) is 12.4. The van der Waals surface area contributed by atoms with Crippen LogP contribution in [0, 0.1) is 6.92 Å². The Labute approximate surface area is 419 Å². The van der Waals surface area contributed by atoms with Gasteiger partial charge in [-0.15, -0.1) is 15.3 Å². The Hall–Kier alpha value is -8.49. The van der Waals surface area contributed by atoms with Crippen molar-refractivity contribution in [2.24, 2.45) is 20.5 Å². The van der Waals surface area contributed by atoms with E-state index >= 15 is 0 Å². The molecule has 1 aromatic heterocycles. The highest BCUT2D eigenvalue weighted by Crippen LogP contribution is 2.44. The van der Waals surface area contributed by atoms with E-state index in [1.807, 2.05) is 0 Å². The van der Waals surface area contributed by atoms with Crippen LogP contribution in [0.15, 0.2) is 149 Å². The summed E-state index contributed by atoms with van der Waals surface area (Å²) in [6, 6.07) is 23.5. The number of hydrogen-bond donors (Lipinski definition) is 9. The zero-order valence-corrected chi connectivity index (χ0v) is 41.2. The molecule has 1 heterocycles. The maximum atomic E-state index is 12.7. The first kappa shape index (κ1) is 51.9. The first-order valence-corrected chi connectivity index (χ1v) is 26.4. The van der Waals surface area contributed by atoms with Crippen LogP contribution in [0.1, 0.15) is 5.56 Å². The smallest absolute Gasteiger partial charge is 0.296 e. The van der Waals surface area contributed by atoms with Gasteiger partial charge in [-0.1, -0.05) is 18.2 Å². The van der Waals surface area contributed by atoms with E-state index in [2.05, 4.69) is 51.4 Å². The summed E-state index contributed by atoms with van der Waals surface area (Å²) in [4.78, 5) is 10.5. The molecule has 0 amide bonds. The molecule has 8 aromatic rings. The fraction of sp³-hybridized carbons (Fsp3) is 0.0682. The monoisotopic (exact) mass is 1090 g/mol. The highest BCUT2D eigenvalue weighted by Gasteiger charge is 2.24. The van der Waals surface area contributed by atoms with Gasteiger partial charge in [-0.2, -0.15) is 53.7 Å². The number of phenolic OH excluding ortho intramolecular Hbond substituents is 2. The van der Waals surface area contributed by atoms with Crippen LogP contribution in [0.2, 0.25) is 0 Å². The fourth-order valence-electron chi connectivity index (χ4n) is 7.13. The van der Waals surface area contributed by atoms with Crippen LogP contribution in [0.4, 0.5) is 57.7 Å². The third-order valence-corrected chi connectivity index (χ3v) is 13.9. The van der Waals surface area contributed by atoms with E-state index in [0.29, 0.717) is 11.3 Å². The average Bonchev–Trinajstić information content (AvgIpc) is 3.32. The van der Waals surface area contributed by atoms with E-state index in [1.165, 1.54) is 38.5 Å². The van der Waals surface area contributed by atoms with Gasteiger partial charge in [0.05, 0.1) is 51.4 Å². The lowest BCUT2D eigenvalue weighted by Crippen LogP contribution is -2.08. The molecular weight excluding hydrogens is 1050 g/mol. The summed E-state index contributed by atoms with van der Waals surface area (Å²) in [5.41, 5.74) is 0.357. The highest BCUT2D eigenvalue weighted by molar-refractivity contribution is 7.86. The largest absolute Gasteiger partial charge is 0.507 e. The SMILES string of the molecule is COc1ccc(S(=O)(=O)O)cc1N=Nc1c(S(=O)(=O)O)cc2cc(Nc3nc(Nc4ccccc4)nc(Nc4cc(C)c(N=Nc5cc(S(=O)(=O)O)cc6cc(S(=O)(=O)O)cc(O)c56)cc4OC)n3)ccc2c1O. The Morgan fingerprint density at radius 1 is 0.500 bits per heavy atom. The quantitative estimate of drug-likeness (QED) is 0.0322. The Kier molecular flexibility index (Phi) is 13.9. The number of anilines is 6. The van der Waals surface area contributed by atoms with Gasteiger partial charge in [0.2, 0.25) is 17.8 Å². The molecular formula is C44H36N10O16S4. The molecule has 7 aromatic carbocycles. The molecule has 26 nitrogen and oxygen atoms in total. The van der Waals surface area contributed by atoms with E-state index in [0.717, 1.165) is 48.5 Å². The summed E-state index contributed by atoms with van der Waals surface area (Å²) in [6.07, 6.45) is 0. The van der Waals surface area contributed by atoms with Crippen LogP contribution >= 0.6 is 0 Å². The number of aromatic nitrogens is 3. The number of fused-ring (bicyclic) bond motifs is 2. The van der Waals surface area contributed by atoms with Gasteiger partial charge in [-0.3, -0.25) is 18.2 Å². The van der Waals surface area contributed by atoms with E-state index in [1.54, 1.807) is 43.3 Å². The number of aromatic hydroxyl groups is 2. The molecule has 0 aliphatic rings. The number of nitrogens with one attached hydrogen (secondary N) is 3. The summed E-state index contributed by atoms with van der Waals surface area (Å²) in [7, 11) is -17.0. The zero-order chi connectivity index (χ0) is 53.5. The van der Waals surface area contributed by atoms with Crippen LogP contribution in [-0.2, 0) is 40.5 Å². The number of benzene rings is 7. The summed E-state index contributed by atoms with van der Waals surface area (Å²) in [6.45, 7) is 1.63. The maximum absolute atomic E-state index is 12.7. The second kappa shape index (κ2) is 19.8. The molecule has 0 bridgehead atoms. The maximum Gasteiger partial charge on any atom is 0.296 e. The molecule has 0 saturated carbocycles. The molecule has 9 N–H and O–H groups in total. The second-order valence-corrected chi connectivity index (χ2v) is 21.2. The lowest BCUT2D eigenvalue weighted by Gasteiger charge is -2.15. The van der Waals surface area contributed by atoms with Gasteiger partial charge in [0.25, 0.3) is 40.5 Å². The van der Waals surface area contributed by atoms with Crippen LogP contribution in [-0.4, -0.2) is 91.3 Å². The lowest BCUT2D eigenvalue weighted by molar-refractivity contribution is 0.415. The van der Waals surface area contributed by atoms with Crippen molar-refractivity contribution in [3.8, 4) is 23.0 Å². The number of phenols is 2. The minimum absolute atomic E-state index is 0.0180. The van der Waals surface area contributed by atoms with Crippen LogP contribution in [0.5, 0.6) is 23.0 Å². The van der Waals surface area contributed by atoms with E-state index in [9.17, 15) is 62.1 Å². The summed E-state index contributed by atoms with van der Waals surface area (Å²) in [5, 5.41) is 47.0. The van der Waals surface area contributed by atoms with Crippen molar-refractivity contribution in [3.63, 3.8) is 0 Å². The van der Waals surface area contributed by atoms with E-state index in [4.69, 9.17) is 9.47 Å². The predicted octanol–water partition coefficient (Wildman–Crippen LogP) is 8.96. The molecule has 0 spiro atoms. The number of azo groups is 2. The Morgan fingerprint density at radius 3 is 1.68 bits per heavy atom. The summed E-state index contributed by atoms with van der Waals surface area (Å²) < 4.78 is 147. The van der Waals surface area contributed by atoms with Gasteiger partial charge in [0.15, 0.2) is 5.75 Å². The topological polar surface area (TPSA) is 401 Å². The molecule has 0 aliphatic carbocycles. The minimum Gasteiger partial charge on any atom is -0.507 e. The van der Waals surface area contributed by atoms with Crippen molar-refractivity contribution in [2.75, 3.05) is 30.2 Å². The molecule has 74 heavy (non-hydrogen) atoms. The number of para-hydroxylation sites is 1. The number of aryl methyl sites for hydroxylation is 1. The Balaban J connectivity index is 1.14. The first-order chi connectivity index (χ1) is 34.8. The van der Waals surface area contributed by atoms with Crippen molar-refractivity contribution in [1.29, 1.82) is 0 Å². The van der Waals surface area contributed by atoms with Crippen LogP contribution in [0.3, 0.4) is 0 Å². The average molecular weight is 1090 g/mol. The summed E-state index contributed by atoms with van der Waals surface area (Å²) >= 11 is 0. The van der Waals surface area contributed by atoms with Gasteiger partial charge in [-0.25, -0.2) is 0 Å². The van der Waals surface area contributed by atoms with Crippen LogP contribution < -0.4 is 25.4 Å². The molecule has 0 radical (unpaired) electrons. The number of hydrogen-bond acceptors (Lipinski definition) is 22. The Bertz CT molecular complexity index is 4130. The standard InChI is InChI=1S/C44H36N10O16S4/c1-22-13-32(37(70-3)21-31(22)51-53-34-19-28(72(60,61)62)15-24-16-29(73(63,64)65)20-35(55)39(24)34)47-44-49-42(45-25-7-5-4-6-8-25)48-43(50-44)46-26-9-11-30-23(14-26)17-38(74(66,67)68)40(41(30)56)54-52-33-18-27(71(57,58)59)10-12-36(33)69-2/h4-21,55-56H,1-3H3,(H,57,58,59)(H,60,61,62)(H,63,64,65)(H,66,67,68)(H3,45,46,47,48,49,50). The number of rotatable bonds is 16. The molecule has 382 valence electrons. The highest BCUT2D eigenvalue weighted by atomic mass is 32.2. The fourth-order valence-corrected chi connectivity index (χ4v) is 9.36. The van der Waals surface area contributed by atoms with Crippen molar-refractivity contribution in [1.82, 2.24) is 15.0 Å². The first-order valence-electron chi connectivity index (χ1n) is 20.6. The third-order valence-electron chi connectivity index (χ3n) is 10.5.